The van der Waals surface area contributed by atoms with E-state index in [9.17, 15) is 8.42 Å². The van der Waals surface area contributed by atoms with Crippen molar-refractivity contribution in [3.63, 3.8) is 0 Å². The third-order valence-corrected chi connectivity index (χ3v) is 6.23. The fourth-order valence-corrected chi connectivity index (χ4v) is 4.79. The monoisotopic (exact) mass is 338 g/mol. The molecule has 1 N–H and O–H groups in total. The van der Waals surface area contributed by atoms with Crippen molar-refractivity contribution >= 4 is 21.4 Å². The number of nitrogens with zero attached hydrogens (tertiary/aromatic N) is 1. The van der Waals surface area contributed by atoms with Crippen molar-refractivity contribution in [2.24, 2.45) is 0 Å². The highest BCUT2D eigenvalue weighted by Crippen LogP contribution is 2.34. The minimum Gasteiger partial charge on any atom is -0.297 e. The van der Waals surface area contributed by atoms with Gasteiger partial charge >= 0.3 is 0 Å². The molecule has 1 aliphatic rings. The quantitative estimate of drug-likeness (QED) is 0.908. The molecule has 0 aliphatic carbocycles. The van der Waals surface area contributed by atoms with Crippen LogP contribution in [-0.4, -0.2) is 32.4 Å². The molecular weight excluding hydrogens is 320 g/mol. The van der Waals surface area contributed by atoms with E-state index >= 15 is 0 Å². The van der Waals surface area contributed by atoms with E-state index in [1.165, 1.54) is 0 Å². The van der Waals surface area contributed by atoms with Crippen molar-refractivity contribution in [1.29, 1.82) is 0 Å². The normalized spacial score (nSPS) is 23.0. The second-order valence-electron chi connectivity index (χ2n) is 5.23. The fraction of sp³-hybridized carbons (Fsp3) is 0.333. The average molecular weight is 338 g/mol. The predicted octanol–water partition coefficient (Wildman–Crippen LogP) is 2.15. The van der Waals surface area contributed by atoms with Crippen LogP contribution in [0.5, 0.6) is 0 Å². The standard InChI is InChI=1S/C15H18N2O3S2/c1-17-15(13-7-8-21-11-13)14(10-20-17)22(18,19)16-9-12-5-3-2-4-6-12/h2-8,11,14-16H,9-10H2,1H3. The van der Waals surface area contributed by atoms with Crippen molar-refractivity contribution in [1.82, 2.24) is 9.79 Å². The van der Waals surface area contributed by atoms with Crippen molar-refractivity contribution in [2.75, 3.05) is 13.7 Å². The number of hydroxylamine groups is 2. The van der Waals surface area contributed by atoms with Gasteiger partial charge in [0.1, 0.15) is 5.25 Å². The average Bonchev–Trinajstić information content (AvgIpc) is 3.15. The Morgan fingerprint density at radius 3 is 2.77 bits per heavy atom. The summed E-state index contributed by atoms with van der Waals surface area (Å²) in [6.07, 6.45) is 0. The molecule has 1 saturated heterocycles. The van der Waals surface area contributed by atoms with Gasteiger partial charge in [-0.1, -0.05) is 30.3 Å². The molecule has 7 heteroatoms. The summed E-state index contributed by atoms with van der Waals surface area (Å²) in [5.41, 5.74) is 1.91. The first-order chi connectivity index (χ1) is 10.6. The van der Waals surface area contributed by atoms with Gasteiger partial charge in [-0.2, -0.15) is 16.4 Å². The van der Waals surface area contributed by atoms with Crippen molar-refractivity contribution in [3.05, 3.63) is 58.3 Å². The molecule has 0 amide bonds. The molecule has 5 nitrogen and oxygen atoms in total. The van der Waals surface area contributed by atoms with Crippen LogP contribution in [0.15, 0.2) is 47.2 Å². The fourth-order valence-electron chi connectivity index (χ4n) is 2.61. The van der Waals surface area contributed by atoms with Crippen LogP contribution in [0.25, 0.3) is 0 Å². The lowest BCUT2D eigenvalue weighted by molar-refractivity contribution is -0.110. The summed E-state index contributed by atoms with van der Waals surface area (Å²) >= 11 is 1.55. The number of nitrogens with one attached hydrogen (secondary N) is 1. The maximum Gasteiger partial charge on any atom is 0.219 e. The molecule has 2 aromatic rings. The SMILES string of the molecule is CN1OCC(S(=O)(=O)NCc2ccccc2)C1c1ccsc1. The molecule has 118 valence electrons. The van der Waals surface area contributed by atoms with E-state index in [2.05, 4.69) is 4.72 Å². The van der Waals surface area contributed by atoms with E-state index in [0.717, 1.165) is 11.1 Å². The maximum absolute atomic E-state index is 12.6. The number of rotatable bonds is 5. The van der Waals surface area contributed by atoms with Gasteiger partial charge in [0, 0.05) is 13.6 Å². The van der Waals surface area contributed by atoms with Gasteiger partial charge in [0.15, 0.2) is 0 Å². The second kappa shape index (κ2) is 6.47. The number of sulfonamides is 1. The zero-order valence-corrected chi connectivity index (χ0v) is 13.8. The number of hydrogen-bond acceptors (Lipinski definition) is 5. The Morgan fingerprint density at radius 1 is 1.32 bits per heavy atom. The van der Waals surface area contributed by atoms with Gasteiger partial charge in [-0.05, 0) is 28.0 Å². The molecular formula is C15H18N2O3S2. The first-order valence-electron chi connectivity index (χ1n) is 6.98. The Morgan fingerprint density at radius 2 is 2.09 bits per heavy atom. The van der Waals surface area contributed by atoms with Crippen LogP contribution in [0, 0.1) is 0 Å². The number of hydrogen-bond donors (Lipinski definition) is 1. The lowest BCUT2D eigenvalue weighted by Gasteiger charge is -2.21. The molecule has 0 saturated carbocycles. The Labute approximate surface area is 134 Å². The van der Waals surface area contributed by atoms with Crippen LogP contribution in [0.2, 0.25) is 0 Å². The number of thiophene rings is 1. The van der Waals surface area contributed by atoms with Crippen LogP contribution in [0.1, 0.15) is 17.2 Å². The molecule has 2 unspecified atom stereocenters. The lowest BCUT2D eigenvalue weighted by Crippen LogP contribution is -2.38. The zero-order chi connectivity index (χ0) is 15.6. The van der Waals surface area contributed by atoms with E-state index in [4.69, 9.17) is 4.84 Å². The minimum absolute atomic E-state index is 0.168. The summed E-state index contributed by atoms with van der Waals surface area (Å²) in [6.45, 7) is 0.459. The van der Waals surface area contributed by atoms with Gasteiger partial charge in [-0.25, -0.2) is 13.1 Å². The van der Waals surface area contributed by atoms with E-state index < -0.39 is 15.3 Å². The van der Waals surface area contributed by atoms with Gasteiger partial charge in [-0.15, -0.1) is 0 Å². The second-order valence-corrected chi connectivity index (χ2v) is 8.00. The summed E-state index contributed by atoms with van der Waals surface area (Å²) in [6, 6.07) is 11.2. The predicted molar refractivity (Wildman–Crippen MR) is 86.8 cm³/mol. The summed E-state index contributed by atoms with van der Waals surface area (Å²) in [5, 5.41) is 4.93. The lowest BCUT2D eigenvalue weighted by atomic mass is 10.1. The van der Waals surface area contributed by atoms with Crippen LogP contribution in [0.3, 0.4) is 0 Å². The first-order valence-corrected chi connectivity index (χ1v) is 9.47. The molecule has 22 heavy (non-hydrogen) atoms. The largest absolute Gasteiger partial charge is 0.297 e. The van der Waals surface area contributed by atoms with Crippen LogP contribution in [0.4, 0.5) is 0 Å². The summed E-state index contributed by atoms with van der Waals surface area (Å²) < 4.78 is 28.0. The van der Waals surface area contributed by atoms with Gasteiger partial charge < -0.3 is 0 Å². The molecule has 0 spiro atoms. The van der Waals surface area contributed by atoms with Crippen LogP contribution < -0.4 is 4.72 Å². The Hall–Kier alpha value is -1.25. The highest BCUT2D eigenvalue weighted by molar-refractivity contribution is 7.90. The van der Waals surface area contributed by atoms with Crippen molar-refractivity contribution < 1.29 is 13.3 Å². The third kappa shape index (κ3) is 3.23. The minimum atomic E-state index is -3.48. The van der Waals surface area contributed by atoms with Gasteiger partial charge in [0.2, 0.25) is 10.0 Å². The molecule has 1 fully saturated rings. The molecule has 0 radical (unpaired) electrons. The molecule has 1 aromatic carbocycles. The van der Waals surface area contributed by atoms with E-state index in [-0.39, 0.29) is 12.6 Å². The van der Waals surface area contributed by atoms with Crippen LogP contribution >= 0.6 is 11.3 Å². The topological polar surface area (TPSA) is 58.6 Å². The number of benzene rings is 1. The van der Waals surface area contributed by atoms with E-state index in [1.807, 2.05) is 47.2 Å². The Balaban J connectivity index is 1.76. The summed E-state index contributed by atoms with van der Waals surface area (Å²) in [5.74, 6) is 0. The van der Waals surface area contributed by atoms with E-state index in [1.54, 1.807) is 23.4 Å². The molecule has 0 bridgehead atoms. The van der Waals surface area contributed by atoms with Crippen molar-refractivity contribution in [2.45, 2.75) is 17.8 Å². The van der Waals surface area contributed by atoms with E-state index in [0.29, 0.717) is 6.54 Å². The van der Waals surface area contributed by atoms with Gasteiger partial charge in [-0.3, -0.25) is 4.84 Å². The van der Waals surface area contributed by atoms with Crippen LogP contribution in [-0.2, 0) is 21.4 Å². The highest BCUT2D eigenvalue weighted by Gasteiger charge is 2.43. The zero-order valence-electron chi connectivity index (χ0n) is 12.2. The van der Waals surface area contributed by atoms with Gasteiger partial charge in [0.05, 0.1) is 12.6 Å². The highest BCUT2D eigenvalue weighted by atomic mass is 32.2. The molecule has 2 atom stereocenters. The van der Waals surface area contributed by atoms with Crippen molar-refractivity contribution in [3.8, 4) is 0 Å². The Kier molecular flexibility index (Phi) is 4.60. The summed E-state index contributed by atoms with van der Waals surface area (Å²) in [4.78, 5) is 5.46. The summed E-state index contributed by atoms with van der Waals surface area (Å²) in [7, 11) is -1.71. The molecule has 1 aromatic heterocycles. The Bertz CT molecular complexity index is 702. The smallest absolute Gasteiger partial charge is 0.219 e. The molecule has 3 rings (SSSR count). The molecule has 1 aliphatic heterocycles. The maximum atomic E-state index is 12.6. The first kappa shape index (κ1) is 15.6. The third-order valence-electron chi connectivity index (χ3n) is 3.79. The van der Waals surface area contributed by atoms with Gasteiger partial charge in [0.25, 0.3) is 0 Å². The molecule has 2 heterocycles.